The van der Waals surface area contributed by atoms with Crippen molar-refractivity contribution < 1.29 is 46.3 Å². The summed E-state index contributed by atoms with van der Waals surface area (Å²) in [5, 5.41) is 16.3. The average molecular weight is 858 g/mol. The molecule has 4 aliphatic rings. The monoisotopic (exact) mass is 857 g/mol. The molecule has 1 aliphatic heterocycles. The van der Waals surface area contributed by atoms with Crippen LogP contribution in [-0.4, -0.2) is 72.7 Å². The Labute approximate surface area is 355 Å². The fraction of sp³-hybridized carbons (Fsp3) is 0.468. The molecule has 0 amide bonds. The van der Waals surface area contributed by atoms with Crippen LogP contribution in [0.4, 0.5) is 13.2 Å². The molecule has 4 atom stereocenters. The number of ether oxygens (including phenoxy) is 2. The normalized spacial score (nSPS) is 23.2. The van der Waals surface area contributed by atoms with Crippen LogP contribution in [0.25, 0.3) is 5.76 Å². The van der Waals surface area contributed by atoms with Crippen molar-refractivity contribution in [1.82, 2.24) is 15.0 Å². The summed E-state index contributed by atoms with van der Waals surface area (Å²) in [5.41, 5.74) is -1.84. The Balaban J connectivity index is 1.33. The standard InChI is InChI=1S/C47H54F3N3O7Si/c1-45(2,3)61(6,7)60-46-33(39(52(4)5)41-37(43(46)56)44(51-59-41)58-27-29-18-12-9-13-19-29)23-30-22-32-36(40(54)35(30)42(46)55)34(57-26-28-16-10-8-11-17-28)24-31(38(32)47(48,49)50)25-53-20-14-15-21-53/h8-13,16-19,24,30,33,39,54H,14-15,20-23,25-27H2,1-7H3/t30-,33-,39-,46-/m0/s1. The minimum atomic E-state index is -4.79. The number of likely N-dealkylation sites (tertiary alicyclic amines) is 1. The molecule has 0 unspecified atom stereocenters. The number of carbonyl (C=O) groups excluding carboxylic acids is 2. The minimum absolute atomic E-state index is 0.00725. The second-order valence-electron chi connectivity index (χ2n) is 18.7. The van der Waals surface area contributed by atoms with E-state index in [2.05, 4.69) is 5.16 Å². The lowest BCUT2D eigenvalue weighted by Crippen LogP contribution is -2.68. The fourth-order valence-corrected chi connectivity index (χ4v) is 11.0. The summed E-state index contributed by atoms with van der Waals surface area (Å²) in [6, 6.07) is 19.2. The molecular weight excluding hydrogens is 804 g/mol. The van der Waals surface area contributed by atoms with Crippen LogP contribution in [0.3, 0.4) is 0 Å². The highest BCUT2D eigenvalue weighted by Gasteiger charge is 2.69. The maximum Gasteiger partial charge on any atom is 0.417 e. The van der Waals surface area contributed by atoms with Gasteiger partial charge >= 0.3 is 6.18 Å². The first-order valence-electron chi connectivity index (χ1n) is 21.0. The average Bonchev–Trinajstić information content (AvgIpc) is 3.87. The van der Waals surface area contributed by atoms with Crippen molar-refractivity contribution in [3.05, 3.63) is 117 Å². The van der Waals surface area contributed by atoms with Gasteiger partial charge < -0.3 is 23.5 Å². The number of aliphatic hydroxyl groups is 1. The summed E-state index contributed by atoms with van der Waals surface area (Å²) in [6.45, 7) is 11.4. The molecule has 8 rings (SSSR count). The fourth-order valence-electron chi connectivity index (χ4n) is 9.59. The van der Waals surface area contributed by atoms with Gasteiger partial charge in [0, 0.05) is 18.0 Å². The van der Waals surface area contributed by atoms with E-state index >= 15 is 22.8 Å². The van der Waals surface area contributed by atoms with E-state index in [0.29, 0.717) is 13.1 Å². The summed E-state index contributed by atoms with van der Waals surface area (Å²) in [7, 11) is 0.532. The summed E-state index contributed by atoms with van der Waals surface area (Å²) >= 11 is 0. The number of aromatic nitrogens is 1. The lowest BCUT2D eigenvalue weighted by molar-refractivity contribution is -0.140. The van der Waals surface area contributed by atoms with Crippen LogP contribution in [-0.2, 0) is 41.6 Å². The Hall–Kier alpha value is -4.76. The van der Waals surface area contributed by atoms with Crippen molar-refractivity contribution in [2.45, 2.75) is 102 Å². The van der Waals surface area contributed by atoms with Crippen LogP contribution in [0.15, 0.2) is 76.8 Å². The highest BCUT2D eigenvalue weighted by molar-refractivity contribution is 6.74. The number of aliphatic hydroxyl groups excluding tert-OH is 1. The lowest BCUT2D eigenvalue weighted by atomic mass is 9.57. The molecule has 10 nitrogen and oxygen atoms in total. The molecule has 1 aromatic heterocycles. The number of nitrogens with zero attached hydrogens (tertiary/aromatic N) is 3. The molecule has 2 fully saturated rings. The SMILES string of the molecule is CN(C)[C@@H]1c2onc(OCc3ccccc3)c2C(=O)[C@@]2(O[Si](C)(C)C(C)(C)C)C(=O)C3=C(O)c4c(OCc5ccccc5)cc(CN5CCCC5)c(C(F)(F)F)c4C[C@H]3C[C@@H]12. The van der Waals surface area contributed by atoms with E-state index in [1.807, 2.05) is 104 Å². The minimum Gasteiger partial charge on any atom is -0.507 e. The molecule has 1 saturated heterocycles. The van der Waals surface area contributed by atoms with Crippen molar-refractivity contribution in [2.75, 3.05) is 27.2 Å². The second-order valence-corrected chi connectivity index (χ2v) is 23.4. The van der Waals surface area contributed by atoms with E-state index in [1.165, 1.54) is 6.07 Å². The van der Waals surface area contributed by atoms with Crippen LogP contribution >= 0.6 is 0 Å². The van der Waals surface area contributed by atoms with Gasteiger partial charge in [-0.2, -0.15) is 13.2 Å². The highest BCUT2D eigenvalue weighted by Crippen LogP contribution is 2.60. The Morgan fingerprint density at radius 1 is 0.918 bits per heavy atom. The van der Waals surface area contributed by atoms with Crippen LogP contribution in [0.2, 0.25) is 18.1 Å². The van der Waals surface area contributed by atoms with E-state index in [4.69, 9.17) is 18.4 Å². The molecule has 1 N–H and O–H groups in total. The van der Waals surface area contributed by atoms with E-state index in [1.54, 1.807) is 14.1 Å². The van der Waals surface area contributed by atoms with Gasteiger partial charge in [0.1, 0.15) is 30.3 Å². The second kappa shape index (κ2) is 15.9. The third-order valence-electron chi connectivity index (χ3n) is 13.5. The van der Waals surface area contributed by atoms with Crippen molar-refractivity contribution in [3.63, 3.8) is 0 Å². The third kappa shape index (κ3) is 7.52. The van der Waals surface area contributed by atoms with E-state index < -0.39 is 65.9 Å². The zero-order chi connectivity index (χ0) is 43.6. The molecule has 0 radical (unpaired) electrons. The molecule has 0 spiro atoms. The summed E-state index contributed by atoms with van der Waals surface area (Å²) in [5.74, 6) is -3.80. The molecule has 4 aromatic rings. The smallest absolute Gasteiger partial charge is 0.417 e. The van der Waals surface area contributed by atoms with Crippen LogP contribution < -0.4 is 9.47 Å². The molecule has 14 heteroatoms. The van der Waals surface area contributed by atoms with Gasteiger partial charge in [-0.15, -0.1) is 0 Å². The van der Waals surface area contributed by atoms with Gasteiger partial charge in [0.05, 0.1) is 17.2 Å². The number of rotatable bonds is 11. The predicted molar refractivity (Wildman–Crippen MR) is 226 cm³/mol. The number of hydrogen-bond acceptors (Lipinski definition) is 10. The molecule has 2 heterocycles. The molecule has 3 aromatic carbocycles. The Bertz CT molecular complexity index is 2350. The first kappa shape index (κ1) is 42.9. The molecule has 1 saturated carbocycles. The maximum absolute atomic E-state index is 15.9. The van der Waals surface area contributed by atoms with Gasteiger partial charge in [-0.25, -0.2) is 0 Å². The van der Waals surface area contributed by atoms with Crippen molar-refractivity contribution in [3.8, 4) is 11.6 Å². The van der Waals surface area contributed by atoms with E-state index in [0.717, 1.165) is 24.0 Å². The third-order valence-corrected chi connectivity index (χ3v) is 17.9. The topological polar surface area (TPSA) is 115 Å². The van der Waals surface area contributed by atoms with Crippen LogP contribution in [0, 0.1) is 11.8 Å². The number of Topliss-reactive ketones (excluding diaryl/α,β-unsaturated/α-hetero) is 2. The number of ketones is 2. The van der Waals surface area contributed by atoms with Gasteiger partial charge in [0.25, 0.3) is 5.88 Å². The van der Waals surface area contributed by atoms with E-state index in [-0.39, 0.29) is 77.8 Å². The molecule has 61 heavy (non-hydrogen) atoms. The number of benzene rings is 3. The quantitative estimate of drug-likeness (QED) is 0.116. The number of fused-ring (bicyclic) bond motifs is 4. The summed E-state index contributed by atoms with van der Waals surface area (Å²) in [4.78, 5) is 35.3. The number of halogens is 3. The first-order chi connectivity index (χ1) is 28.8. The maximum atomic E-state index is 15.9. The zero-order valence-corrected chi connectivity index (χ0v) is 36.8. The summed E-state index contributed by atoms with van der Waals surface area (Å²) < 4.78 is 72.4. The Morgan fingerprint density at radius 3 is 2.10 bits per heavy atom. The summed E-state index contributed by atoms with van der Waals surface area (Å²) in [6.07, 6.45) is -3.20. The van der Waals surface area contributed by atoms with Gasteiger partial charge in [-0.3, -0.25) is 19.4 Å². The number of alkyl halides is 3. The van der Waals surface area contributed by atoms with Crippen molar-refractivity contribution in [1.29, 1.82) is 0 Å². The van der Waals surface area contributed by atoms with Gasteiger partial charge in [-0.05, 0) is 110 Å². The Morgan fingerprint density at radius 2 is 1.52 bits per heavy atom. The van der Waals surface area contributed by atoms with Crippen molar-refractivity contribution in [2.24, 2.45) is 11.8 Å². The van der Waals surface area contributed by atoms with Gasteiger partial charge in [-0.1, -0.05) is 81.4 Å². The van der Waals surface area contributed by atoms with Crippen LogP contribution in [0.1, 0.15) is 95.6 Å². The highest BCUT2D eigenvalue weighted by atomic mass is 28.4. The molecular formula is C47H54F3N3O7Si. The predicted octanol–water partition coefficient (Wildman–Crippen LogP) is 9.74. The molecule has 324 valence electrons. The molecule has 3 aliphatic carbocycles. The largest absolute Gasteiger partial charge is 0.507 e. The van der Waals surface area contributed by atoms with Gasteiger partial charge in [0.2, 0.25) is 11.6 Å². The number of carbonyl (C=O) groups is 2. The van der Waals surface area contributed by atoms with Crippen LogP contribution in [0.5, 0.6) is 11.6 Å². The zero-order valence-electron chi connectivity index (χ0n) is 35.8. The number of hydrogen-bond donors (Lipinski definition) is 1. The van der Waals surface area contributed by atoms with Crippen molar-refractivity contribution >= 4 is 25.6 Å². The first-order valence-corrected chi connectivity index (χ1v) is 23.9. The Kier molecular flexibility index (Phi) is 11.2. The van der Waals surface area contributed by atoms with Gasteiger partial charge in [0.15, 0.2) is 19.7 Å². The lowest BCUT2D eigenvalue weighted by Gasteiger charge is -2.55. The van der Waals surface area contributed by atoms with E-state index in [9.17, 15) is 5.11 Å². The molecule has 0 bridgehead atoms.